The zero-order chi connectivity index (χ0) is 18.4. The minimum absolute atomic E-state index is 0.0614. The second-order valence-electron chi connectivity index (χ2n) is 5.77. The van der Waals surface area contributed by atoms with E-state index in [0.29, 0.717) is 11.5 Å². The van der Waals surface area contributed by atoms with Gasteiger partial charge in [-0.15, -0.1) is 10.2 Å². The van der Waals surface area contributed by atoms with Crippen LogP contribution in [0.25, 0.3) is 0 Å². The number of rotatable bonds is 6. The van der Waals surface area contributed by atoms with Gasteiger partial charge in [-0.05, 0) is 30.3 Å². The molecule has 1 aromatic carbocycles. The first kappa shape index (κ1) is 18.5. The molecule has 2 N–H and O–H groups in total. The quantitative estimate of drug-likeness (QED) is 0.801. The number of anilines is 2. The topological polar surface area (TPSA) is 79.4 Å². The van der Waals surface area contributed by atoms with Gasteiger partial charge in [-0.1, -0.05) is 11.6 Å². The van der Waals surface area contributed by atoms with Gasteiger partial charge in [0.25, 0.3) is 5.91 Å². The maximum absolute atomic E-state index is 13.1. The summed E-state index contributed by atoms with van der Waals surface area (Å²) in [6.07, 6.45) is 0. The molecule has 7 nitrogen and oxygen atoms in total. The van der Waals surface area contributed by atoms with Crippen LogP contribution in [-0.4, -0.2) is 60.4 Å². The highest BCUT2D eigenvalue weighted by Crippen LogP contribution is 2.19. The number of hydrogen-bond donors (Lipinski definition) is 2. The molecule has 0 bridgehead atoms. The maximum atomic E-state index is 13.1. The predicted octanol–water partition coefficient (Wildman–Crippen LogP) is 2.27. The van der Waals surface area contributed by atoms with E-state index in [-0.39, 0.29) is 10.7 Å². The lowest BCUT2D eigenvalue weighted by Gasteiger charge is -2.26. The number of nitrogens with zero attached hydrogens (tertiary/aromatic N) is 3. The number of carbonyl (C=O) groups excluding carboxylic acids is 1. The number of aromatic nitrogens is 2. The van der Waals surface area contributed by atoms with Gasteiger partial charge in [0.1, 0.15) is 11.6 Å². The molecule has 0 radical (unpaired) electrons. The number of halogens is 2. The van der Waals surface area contributed by atoms with E-state index in [4.69, 9.17) is 16.3 Å². The van der Waals surface area contributed by atoms with Crippen molar-refractivity contribution in [2.24, 2.45) is 0 Å². The zero-order valence-electron chi connectivity index (χ0n) is 14.0. The summed E-state index contributed by atoms with van der Waals surface area (Å²) in [4.78, 5) is 14.5. The lowest BCUT2D eigenvalue weighted by molar-refractivity contribution is 0.0398. The predicted molar refractivity (Wildman–Crippen MR) is 97.1 cm³/mol. The third-order valence-corrected chi connectivity index (χ3v) is 4.20. The highest BCUT2D eigenvalue weighted by Gasteiger charge is 2.11. The fourth-order valence-corrected chi connectivity index (χ4v) is 2.66. The fraction of sp³-hybridized carbons (Fsp3) is 0.353. The van der Waals surface area contributed by atoms with Crippen LogP contribution in [0.3, 0.4) is 0 Å². The Labute approximate surface area is 155 Å². The molecule has 0 saturated carbocycles. The second-order valence-corrected chi connectivity index (χ2v) is 6.17. The van der Waals surface area contributed by atoms with Crippen LogP contribution in [0.4, 0.5) is 15.9 Å². The summed E-state index contributed by atoms with van der Waals surface area (Å²) < 4.78 is 18.4. The highest BCUT2D eigenvalue weighted by atomic mass is 35.5. The van der Waals surface area contributed by atoms with Gasteiger partial charge in [0.15, 0.2) is 5.69 Å². The van der Waals surface area contributed by atoms with E-state index < -0.39 is 11.7 Å². The molecule has 1 aromatic heterocycles. The van der Waals surface area contributed by atoms with Crippen LogP contribution in [0.5, 0.6) is 0 Å². The summed E-state index contributed by atoms with van der Waals surface area (Å²) in [5, 5.41) is 13.6. The molecular formula is C17H19ClFN5O2. The highest BCUT2D eigenvalue weighted by molar-refractivity contribution is 6.31. The van der Waals surface area contributed by atoms with Gasteiger partial charge in [0.2, 0.25) is 0 Å². The number of amides is 1. The molecular weight excluding hydrogens is 361 g/mol. The third-order valence-electron chi connectivity index (χ3n) is 3.91. The van der Waals surface area contributed by atoms with Crippen molar-refractivity contribution in [3.05, 3.63) is 46.9 Å². The molecule has 3 rings (SSSR count). The average Bonchev–Trinajstić information content (AvgIpc) is 2.66. The van der Waals surface area contributed by atoms with Crippen LogP contribution in [0, 0.1) is 5.82 Å². The lowest BCUT2D eigenvalue weighted by Crippen LogP contribution is -2.39. The van der Waals surface area contributed by atoms with Gasteiger partial charge in [-0.2, -0.15) is 0 Å². The molecule has 1 fully saturated rings. The van der Waals surface area contributed by atoms with Gasteiger partial charge in [-0.25, -0.2) is 4.39 Å². The summed E-state index contributed by atoms with van der Waals surface area (Å²) in [6.45, 7) is 5.01. The van der Waals surface area contributed by atoms with Crippen molar-refractivity contribution in [3.8, 4) is 0 Å². The van der Waals surface area contributed by atoms with Crippen LogP contribution in [0.2, 0.25) is 5.02 Å². The van der Waals surface area contributed by atoms with E-state index >= 15 is 0 Å². The number of carbonyl (C=O) groups is 1. The molecule has 138 valence electrons. The Hall–Kier alpha value is -2.29. The number of benzene rings is 1. The van der Waals surface area contributed by atoms with Crippen LogP contribution < -0.4 is 10.6 Å². The number of morpholine rings is 1. The van der Waals surface area contributed by atoms with Crippen molar-refractivity contribution in [2.45, 2.75) is 0 Å². The molecule has 1 aliphatic rings. The van der Waals surface area contributed by atoms with Crippen LogP contribution >= 0.6 is 11.6 Å². The van der Waals surface area contributed by atoms with E-state index in [2.05, 4.69) is 25.7 Å². The van der Waals surface area contributed by atoms with Crippen LogP contribution in [0.1, 0.15) is 10.5 Å². The first-order valence-corrected chi connectivity index (χ1v) is 8.64. The monoisotopic (exact) mass is 379 g/mol. The average molecular weight is 380 g/mol. The van der Waals surface area contributed by atoms with Crippen LogP contribution in [-0.2, 0) is 4.74 Å². The largest absolute Gasteiger partial charge is 0.379 e. The molecule has 0 aliphatic carbocycles. The van der Waals surface area contributed by atoms with Crippen molar-refractivity contribution >= 4 is 29.0 Å². The zero-order valence-corrected chi connectivity index (χ0v) is 14.8. The Morgan fingerprint density at radius 2 is 2.04 bits per heavy atom. The van der Waals surface area contributed by atoms with Gasteiger partial charge in [-0.3, -0.25) is 9.69 Å². The van der Waals surface area contributed by atoms with E-state index in [1.54, 1.807) is 12.1 Å². The maximum Gasteiger partial charge on any atom is 0.276 e. The second kappa shape index (κ2) is 8.88. The number of hydrogen-bond acceptors (Lipinski definition) is 6. The van der Waals surface area contributed by atoms with Gasteiger partial charge >= 0.3 is 0 Å². The molecule has 0 unspecified atom stereocenters. The third kappa shape index (κ3) is 5.10. The van der Waals surface area contributed by atoms with Crippen molar-refractivity contribution in [1.29, 1.82) is 0 Å². The molecule has 0 spiro atoms. The Kier molecular flexibility index (Phi) is 6.32. The Balaban J connectivity index is 1.49. The summed E-state index contributed by atoms with van der Waals surface area (Å²) in [5.41, 5.74) is 0.542. The van der Waals surface area contributed by atoms with E-state index in [0.717, 1.165) is 39.4 Å². The van der Waals surface area contributed by atoms with Gasteiger partial charge in [0.05, 0.1) is 18.2 Å². The molecule has 1 aliphatic heterocycles. The standard InChI is InChI=1S/C17H19ClFN5O2/c18-13-11-12(1-2-14(13)19)21-17(25)15-3-4-16(23-22-15)20-5-6-24-7-9-26-10-8-24/h1-4,11H,5-10H2,(H,20,23)(H,21,25). The summed E-state index contributed by atoms with van der Waals surface area (Å²) in [5.74, 6) is -0.392. The van der Waals surface area contributed by atoms with Crippen molar-refractivity contribution in [1.82, 2.24) is 15.1 Å². The van der Waals surface area contributed by atoms with Gasteiger partial charge in [0, 0.05) is 31.9 Å². The van der Waals surface area contributed by atoms with Crippen LogP contribution in [0.15, 0.2) is 30.3 Å². The molecule has 9 heteroatoms. The van der Waals surface area contributed by atoms with E-state index in [9.17, 15) is 9.18 Å². The minimum atomic E-state index is -0.544. The summed E-state index contributed by atoms with van der Waals surface area (Å²) in [7, 11) is 0. The van der Waals surface area contributed by atoms with E-state index in [1.165, 1.54) is 18.2 Å². The SMILES string of the molecule is O=C(Nc1ccc(F)c(Cl)c1)c1ccc(NCCN2CCOCC2)nn1. The molecule has 2 aromatic rings. The van der Waals surface area contributed by atoms with Crippen molar-refractivity contribution in [2.75, 3.05) is 50.0 Å². The first-order valence-electron chi connectivity index (χ1n) is 8.26. The molecule has 0 atom stereocenters. The summed E-state index contributed by atoms with van der Waals surface area (Å²) in [6, 6.07) is 7.21. The number of nitrogens with one attached hydrogen (secondary N) is 2. The minimum Gasteiger partial charge on any atom is -0.379 e. The van der Waals surface area contributed by atoms with Gasteiger partial charge < -0.3 is 15.4 Å². The Bertz CT molecular complexity index is 753. The Morgan fingerprint density at radius 1 is 1.23 bits per heavy atom. The summed E-state index contributed by atoms with van der Waals surface area (Å²) >= 11 is 5.70. The normalized spacial score (nSPS) is 14.8. The molecule has 1 saturated heterocycles. The fourth-order valence-electron chi connectivity index (χ4n) is 2.48. The smallest absolute Gasteiger partial charge is 0.276 e. The molecule has 26 heavy (non-hydrogen) atoms. The van der Waals surface area contributed by atoms with Crippen molar-refractivity contribution in [3.63, 3.8) is 0 Å². The van der Waals surface area contributed by atoms with Crippen molar-refractivity contribution < 1.29 is 13.9 Å². The number of ether oxygens (including phenoxy) is 1. The van der Waals surface area contributed by atoms with E-state index in [1.807, 2.05) is 0 Å². The molecule has 1 amide bonds. The lowest BCUT2D eigenvalue weighted by atomic mass is 10.3. The Morgan fingerprint density at radius 3 is 2.73 bits per heavy atom. The first-order chi connectivity index (χ1) is 12.6. The molecule has 2 heterocycles.